The van der Waals surface area contributed by atoms with Crippen LogP contribution in [0.15, 0.2) is 84.0 Å². The summed E-state index contributed by atoms with van der Waals surface area (Å²) >= 11 is 13.6. The molecular weight excluding hydrogens is 461 g/mol. The van der Waals surface area contributed by atoms with Crippen LogP contribution in [0.25, 0.3) is 22.3 Å². The van der Waals surface area contributed by atoms with Gasteiger partial charge in [-0.1, -0.05) is 65.3 Å². The second-order valence-corrected chi connectivity index (χ2v) is 8.87. The molecule has 32 heavy (non-hydrogen) atoms. The van der Waals surface area contributed by atoms with Crippen LogP contribution in [0.1, 0.15) is 5.82 Å². The first kappa shape index (κ1) is 20.8. The standard InChI is InChI=1S/C24H17Cl2N5S/c25-16-6-9-18(10-7-16)27-22-13-20(15-4-2-1-3-5-15)30-24(31-22)32-14-23-28-19-11-8-17(26)12-21(19)29-23/h1-13H,14H2,(H,28,29)(H,27,30,31). The molecule has 0 amide bonds. The van der Waals surface area contributed by atoms with E-state index in [0.717, 1.165) is 33.8 Å². The maximum atomic E-state index is 6.08. The highest BCUT2D eigenvalue weighted by Gasteiger charge is 2.10. The molecule has 5 rings (SSSR count). The Morgan fingerprint density at radius 3 is 2.41 bits per heavy atom. The summed E-state index contributed by atoms with van der Waals surface area (Å²) in [5, 5.41) is 5.36. The van der Waals surface area contributed by atoms with Gasteiger partial charge >= 0.3 is 0 Å². The van der Waals surface area contributed by atoms with Gasteiger partial charge in [0.1, 0.15) is 11.6 Å². The van der Waals surface area contributed by atoms with E-state index in [1.165, 1.54) is 11.8 Å². The molecule has 0 fully saturated rings. The molecule has 0 atom stereocenters. The lowest BCUT2D eigenvalue weighted by molar-refractivity contribution is 0.973. The van der Waals surface area contributed by atoms with E-state index in [4.69, 9.17) is 33.2 Å². The van der Waals surface area contributed by atoms with Crippen molar-refractivity contribution < 1.29 is 0 Å². The topological polar surface area (TPSA) is 66.5 Å². The van der Waals surface area contributed by atoms with E-state index in [1.54, 1.807) is 0 Å². The van der Waals surface area contributed by atoms with Crippen molar-refractivity contribution in [1.29, 1.82) is 0 Å². The Kier molecular flexibility index (Phi) is 5.99. The van der Waals surface area contributed by atoms with Crippen molar-refractivity contribution >= 4 is 57.5 Å². The Hall–Kier alpha value is -3.06. The normalized spacial score (nSPS) is 11.1. The van der Waals surface area contributed by atoms with Gasteiger partial charge in [0, 0.05) is 27.4 Å². The number of aromatic amines is 1. The van der Waals surface area contributed by atoms with Gasteiger partial charge in [0.15, 0.2) is 5.16 Å². The third-order valence-corrected chi connectivity index (χ3v) is 6.07. The van der Waals surface area contributed by atoms with E-state index in [2.05, 4.69) is 15.3 Å². The van der Waals surface area contributed by atoms with Crippen molar-refractivity contribution in [2.24, 2.45) is 0 Å². The fourth-order valence-corrected chi connectivity index (χ4v) is 4.25. The van der Waals surface area contributed by atoms with Crippen LogP contribution in [-0.2, 0) is 5.75 Å². The van der Waals surface area contributed by atoms with Crippen LogP contribution in [-0.4, -0.2) is 19.9 Å². The fraction of sp³-hybridized carbons (Fsp3) is 0.0417. The van der Waals surface area contributed by atoms with Crippen LogP contribution >= 0.6 is 35.0 Å². The summed E-state index contributed by atoms with van der Waals surface area (Å²) in [6, 6.07) is 25.1. The summed E-state index contributed by atoms with van der Waals surface area (Å²) < 4.78 is 0. The lowest BCUT2D eigenvalue weighted by Crippen LogP contribution is -1.99. The van der Waals surface area contributed by atoms with E-state index >= 15 is 0 Å². The van der Waals surface area contributed by atoms with Crippen molar-refractivity contribution in [3.8, 4) is 11.3 Å². The summed E-state index contributed by atoms with van der Waals surface area (Å²) in [6.45, 7) is 0. The molecular formula is C24H17Cl2N5S. The molecule has 2 aromatic heterocycles. The number of imidazole rings is 1. The van der Waals surface area contributed by atoms with Crippen LogP contribution in [0.3, 0.4) is 0 Å². The summed E-state index contributed by atoms with van der Waals surface area (Å²) in [5.41, 5.74) is 4.56. The lowest BCUT2D eigenvalue weighted by Gasteiger charge is -2.10. The smallest absolute Gasteiger partial charge is 0.190 e. The predicted molar refractivity (Wildman–Crippen MR) is 133 cm³/mol. The molecule has 2 heterocycles. The molecule has 0 aliphatic heterocycles. The average molecular weight is 478 g/mol. The first-order valence-corrected chi connectivity index (χ1v) is 11.6. The zero-order valence-corrected chi connectivity index (χ0v) is 19.0. The zero-order chi connectivity index (χ0) is 21.9. The van der Waals surface area contributed by atoms with Gasteiger partial charge in [0.25, 0.3) is 0 Å². The average Bonchev–Trinajstić information content (AvgIpc) is 3.22. The number of thioether (sulfide) groups is 1. The fourth-order valence-electron chi connectivity index (χ4n) is 3.23. The second kappa shape index (κ2) is 9.20. The van der Waals surface area contributed by atoms with Crippen LogP contribution in [0.2, 0.25) is 10.0 Å². The Bertz CT molecular complexity index is 1370. The van der Waals surface area contributed by atoms with Crippen LogP contribution in [0.4, 0.5) is 11.5 Å². The molecule has 3 aromatic carbocycles. The number of nitrogens with one attached hydrogen (secondary N) is 2. The van der Waals surface area contributed by atoms with Crippen LogP contribution in [0, 0.1) is 0 Å². The SMILES string of the molecule is Clc1ccc(Nc2cc(-c3ccccc3)nc(SCc3nc4ccc(Cl)cc4[nH]3)n2)cc1. The van der Waals surface area contributed by atoms with Crippen molar-refractivity contribution in [3.63, 3.8) is 0 Å². The molecule has 158 valence electrons. The van der Waals surface area contributed by atoms with Crippen LogP contribution in [0.5, 0.6) is 0 Å². The summed E-state index contributed by atoms with van der Waals surface area (Å²) in [5.74, 6) is 2.15. The molecule has 0 saturated heterocycles. The Balaban J connectivity index is 1.43. The molecule has 2 N–H and O–H groups in total. The summed E-state index contributed by atoms with van der Waals surface area (Å²) in [4.78, 5) is 17.4. The van der Waals surface area contributed by atoms with E-state index in [9.17, 15) is 0 Å². The van der Waals surface area contributed by atoms with Gasteiger partial charge in [0.05, 0.1) is 22.5 Å². The minimum absolute atomic E-state index is 0.602. The number of aromatic nitrogens is 4. The molecule has 0 bridgehead atoms. The summed E-state index contributed by atoms with van der Waals surface area (Å²) in [6.07, 6.45) is 0. The molecule has 0 unspecified atom stereocenters. The number of fused-ring (bicyclic) bond motifs is 1. The van der Waals surface area contributed by atoms with E-state index in [0.29, 0.717) is 26.8 Å². The lowest BCUT2D eigenvalue weighted by atomic mass is 10.1. The van der Waals surface area contributed by atoms with Gasteiger partial charge in [0.2, 0.25) is 0 Å². The Morgan fingerprint density at radius 2 is 1.59 bits per heavy atom. The van der Waals surface area contributed by atoms with E-state index in [1.807, 2.05) is 78.9 Å². The van der Waals surface area contributed by atoms with Gasteiger partial charge in [-0.2, -0.15) is 0 Å². The minimum Gasteiger partial charge on any atom is -0.341 e. The highest BCUT2D eigenvalue weighted by Crippen LogP contribution is 2.28. The molecule has 0 aliphatic carbocycles. The second-order valence-electron chi connectivity index (χ2n) is 7.05. The first-order valence-electron chi connectivity index (χ1n) is 9.86. The Morgan fingerprint density at radius 1 is 0.812 bits per heavy atom. The largest absolute Gasteiger partial charge is 0.341 e. The van der Waals surface area contributed by atoms with E-state index < -0.39 is 0 Å². The predicted octanol–water partition coefficient (Wildman–Crippen LogP) is 7.36. The van der Waals surface area contributed by atoms with Gasteiger partial charge in [-0.05, 0) is 42.5 Å². The number of benzene rings is 3. The molecule has 0 aliphatic rings. The van der Waals surface area contributed by atoms with E-state index in [-0.39, 0.29) is 0 Å². The van der Waals surface area contributed by atoms with Crippen molar-refractivity contribution in [2.45, 2.75) is 10.9 Å². The monoisotopic (exact) mass is 477 g/mol. The number of hydrogen-bond donors (Lipinski definition) is 2. The first-order chi connectivity index (χ1) is 15.6. The third-order valence-electron chi connectivity index (χ3n) is 4.72. The maximum Gasteiger partial charge on any atom is 0.190 e. The van der Waals surface area contributed by atoms with Crippen molar-refractivity contribution in [1.82, 2.24) is 19.9 Å². The highest BCUT2D eigenvalue weighted by atomic mass is 35.5. The maximum absolute atomic E-state index is 6.08. The minimum atomic E-state index is 0.602. The summed E-state index contributed by atoms with van der Waals surface area (Å²) in [7, 11) is 0. The van der Waals surface area contributed by atoms with Crippen molar-refractivity contribution in [2.75, 3.05) is 5.32 Å². The number of halogens is 2. The number of nitrogens with zero attached hydrogens (tertiary/aromatic N) is 3. The van der Waals surface area contributed by atoms with Gasteiger partial charge in [-0.15, -0.1) is 0 Å². The number of hydrogen-bond acceptors (Lipinski definition) is 5. The van der Waals surface area contributed by atoms with Gasteiger partial charge in [-0.25, -0.2) is 15.0 Å². The quantitative estimate of drug-likeness (QED) is 0.197. The molecule has 0 radical (unpaired) electrons. The number of rotatable bonds is 6. The van der Waals surface area contributed by atoms with Gasteiger partial charge in [-0.3, -0.25) is 0 Å². The zero-order valence-electron chi connectivity index (χ0n) is 16.7. The Labute approximate surface area is 199 Å². The molecule has 0 spiro atoms. The molecule has 0 saturated carbocycles. The highest BCUT2D eigenvalue weighted by molar-refractivity contribution is 7.98. The molecule has 5 aromatic rings. The number of anilines is 2. The van der Waals surface area contributed by atoms with Gasteiger partial charge < -0.3 is 10.3 Å². The molecule has 5 nitrogen and oxygen atoms in total. The third kappa shape index (κ3) is 4.88. The van der Waals surface area contributed by atoms with Crippen molar-refractivity contribution in [3.05, 3.63) is 94.7 Å². The van der Waals surface area contributed by atoms with Crippen LogP contribution < -0.4 is 5.32 Å². The number of H-pyrrole nitrogens is 1. The molecule has 8 heteroatoms.